The molecule has 0 aliphatic rings. The number of rotatable bonds is 1. The van der Waals surface area contributed by atoms with E-state index in [9.17, 15) is 0 Å². The van der Waals surface area contributed by atoms with Crippen LogP contribution in [0.4, 0.5) is 0 Å². The number of hydrogen-bond donors (Lipinski definition) is 0. The minimum absolute atomic E-state index is 0. The Labute approximate surface area is 99.5 Å². The average molecular weight is 384 g/mol. The fourth-order valence-corrected chi connectivity index (χ4v) is 0. The normalized spacial score (nSPS) is 4.29. The first-order valence-corrected chi connectivity index (χ1v) is 3.28. The van der Waals surface area contributed by atoms with Gasteiger partial charge in [-0.15, -0.1) is 0 Å². The molecule has 0 aromatic heterocycles. The summed E-state index contributed by atoms with van der Waals surface area (Å²) < 4.78 is 0. The summed E-state index contributed by atoms with van der Waals surface area (Å²) in [5.74, 6) is 0. The number of alkyl halides is 2. The number of hydrogen-bond acceptors (Lipinski definition) is 0. The van der Waals surface area contributed by atoms with E-state index in [4.69, 9.17) is 0 Å². The van der Waals surface area contributed by atoms with Crippen molar-refractivity contribution in [3.63, 3.8) is 0 Å². The molecule has 0 rings (SSSR count). The van der Waals surface area contributed by atoms with E-state index in [1.54, 1.807) is 0 Å². The van der Waals surface area contributed by atoms with Gasteiger partial charge in [0, 0.05) is 69.1 Å². The Balaban J connectivity index is -0.0000000150. The summed E-state index contributed by atoms with van der Waals surface area (Å²) in [5.41, 5.74) is 0. The Morgan fingerprint density at radius 2 is 0.857 bits per heavy atom. The molecule has 0 amide bonds. The van der Waals surface area contributed by atoms with Crippen molar-refractivity contribution in [2.75, 3.05) is 10.7 Å². The molecule has 7 heavy (non-hydrogen) atoms. The van der Waals surface area contributed by atoms with Crippen LogP contribution in [0, 0.1) is 0 Å². The largest absolute Gasteiger partial charge is 0.0919 e. The van der Waals surface area contributed by atoms with Crippen molar-refractivity contribution < 1.29 is 58.4 Å². The smallest absolute Gasteiger partial charge is 0.0129 e. The fourth-order valence-electron chi connectivity index (χ4n) is 0. The summed E-state index contributed by atoms with van der Waals surface area (Å²) in [5, 5.41) is 2.10. The van der Waals surface area contributed by atoms with E-state index in [1.165, 1.54) is 0 Å². The van der Waals surface area contributed by atoms with Crippen LogP contribution < -0.4 is 0 Å². The van der Waals surface area contributed by atoms with Crippen LogP contribution in [0.15, 0.2) is 0 Å². The first-order chi connectivity index (χ1) is 1.91. The molecule has 0 N–H and O–H groups in total. The molecule has 0 unspecified atom stereocenters. The van der Waals surface area contributed by atoms with Gasteiger partial charge in [-0.2, -0.15) is 0 Å². The standard InChI is InChI=1S/C2H4Br2.3Zn/c3-1-2-4;;;/h1-2H2;;;. The van der Waals surface area contributed by atoms with Crippen LogP contribution in [0.1, 0.15) is 0 Å². The second-order valence-electron chi connectivity index (χ2n) is 0.378. The maximum Gasteiger partial charge on any atom is 0.0129 e. The Morgan fingerprint density at radius 1 is 0.714 bits per heavy atom. The van der Waals surface area contributed by atoms with Crippen molar-refractivity contribution in [1.82, 2.24) is 0 Å². The van der Waals surface area contributed by atoms with Crippen molar-refractivity contribution in [1.29, 1.82) is 0 Å². The Kier molecular flexibility index (Phi) is 74.8. The molecule has 0 radical (unpaired) electrons. The predicted octanol–water partition coefficient (Wildman–Crippen LogP) is 1.77. The van der Waals surface area contributed by atoms with Gasteiger partial charge < -0.3 is 0 Å². The predicted molar refractivity (Wildman–Crippen MR) is 27.6 cm³/mol. The van der Waals surface area contributed by atoms with Crippen molar-refractivity contribution in [2.24, 2.45) is 0 Å². The molecule has 0 aliphatic heterocycles. The maximum atomic E-state index is 3.20. The van der Waals surface area contributed by atoms with Gasteiger partial charge in [-0.1, -0.05) is 31.9 Å². The van der Waals surface area contributed by atoms with Crippen molar-refractivity contribution in [3.05, 3.63) is 0 Å². The van der Waals surface area contributed by atoms with Gasteiger partial charge in [-0.05, 0) is 0 Å². The van der Waals surface area contributed by atoms with Gasteiger partial charge in [-0.3, -0.25) is 0 Å². The number of halogens is 2. The van der Waals surface area contributed by atoms with E-state index in [2.05, 4.69) is 31.9 Å². The zero-order valence-corrected chi connectivity index (χ0v) is 16.4. The van der Waals surface area contributed by atoms with Crippen LogP contribution in [0.2, 0.25) is 0 Å². The average Bonchev–Trinajstić information content (AvgIpc) is 1.37. The van der Waals surface area contributed by atoms with Gasteiger partial charge >= 0.3 is 0 Å². The van der Waals surface area contributed by atoms with Crippen LogP contribution in [-0.4, -0.2) is 10.7 Å². The SMILES string of the molecule is BrCCBr.[Zn].[Zn].[Zn]. The van der Waals surface area contributed by atoms with Gasteiger partial charge in [0.2, 0.25) is 0 Å². The van der Waals surface area contributed by atoms with Crippen LogP contribution in [0.5, 0.6) is 0 Å². The summed E-state index contributed by atoms with van der Waals surface area (Å²) in [7, 11) is 0. The second kappa shape index (κ2) is 23.2. The summed E-state index contributed by atoms with van der Waals surface area (Å²) >= 11 is 6.40. The molecule has 0 saturated heterocycles. The third-order valence-corrected chi connectivity index (χ3v) is 1.93. The van der Waals surface area contributed by atoms with Crippen molar-refractivity contribution >= 4 is 31.9 Å². The molecule has 0 aliphatic carbocycles. The molecule has 0 atom stereocenters. The minimum Gasteiger partial charge on any atom is -0.0919 e. The van der Waals surface area contributed by atoms with E-state index in [0.717, 1.165) is 10.7 Å². The van der Waals surface area contributed by atoms with Crippen LogP contribution >= 0.6 is 31.9 Å². The zero-order chi connectivity index (χ0) is 3.41. The van der Waals surface area contributed by atoms with Gasteiger partial charge in [0.15, 0.2) is 0 Å². The Bertz CT molecular complexity index is 12.9. The molecular weight excluding hydrogens is 380 g/mol. The third kappa shape index (κ3) is 28.1. The molecule has 0 heterocycles. The summed E-state index contributed by atoms with van der Waals surface area (Å²) in [4.78, 5) is 0. The molecule has 0 spiro atoms. The molecule has 0 aromatic rings. The topological polar surface area (TPSA) is 0 Å². The summed E-state index contributed by atoms with van der Waals surface area (Å²) in [6.45, 7) is 0. The van der Waals surface area contributed by atoms with Gasteiger partial charge in [0.25, 0.3) is 0 Å². The monoisotopic (exact) mass is 378 g/mol. The fraction of sp³-hybridized carbons (Fsp3) is 1.00. The third-order valence-electron chi connectivity index (χ3n) is 0.0714. The van der Waals surface area contributed by atoms with E-state index >= 15 is 0 Å². The maximum absolute atomic E-state index is 3.20. The molecule has 0 aromatic carbocycles. The molecule has 0 nitrogen and oxygen atoms in total. The van der Waals surface area contributed by atoms with Gasteiger partial charge in [-0.25, -0.2) is 0 Å². The van der Waals surface area contributed by atoms with E-state index in [0.29, 0.717) is 0 Å². The van der Waals surface area contributed by atoms with E-state index in [1.807, 2.05) is 0 Å². The molecule has 0 bridgehead atoms. The Morgan fingerprint density at radius 3 is 0.857 bits per heavy atom. The molecular formula is C2H4Br2Zn3. The molecule has 5 heteroatoms. The molecule has 0 saturated carbocycles. The second-order valence-corrected chi connectivity index (χ2v) is 1.96. The van der Waals surface area contributed by atoms with Crippen LogP contribution in [0.25, 0.3) is 0 Å². The van der Waals surface area contributed by atoms with Crippen LogP contribution in [-0.2, 0) is 58.4 Å². The van der Waals surface area contributed by atoms with E-state index in [-0.39, 0.29) is 58.4 Å². The zero-order valence-electron chi connectivity index (χ0n) is 4.29. The van der Waals surface area contributed by atoms with Crippen molar-refractivity contribution in [3.8, 4) is 0 Å². The van der Waals surface area contributed by atoms with Gasteiger partial charge in [0.1, 0.15) is 0 Å². The summed E-state index contributed by atoms with van der Waals surface area (Å²) in [6.07, 6.45) is 0. The first kappa shape index (κ1) is 22.5. The van der Waals surface area contributed by atoms with Crippen LogP contribution in [0.3, 0.4) is 0 Å². The van der Waals surface area contributed by atoms with Gasteiger partial charge in [0.05, 0.1) is 0 Å². The summed E-state index contributed by atoms with van der Waals surface area (Å²) in [6, 6.07) is 0. The molecule has 0 fully saturated rings. The minimum atomic E-state index is 0. The van der Waals surface area contributed by atoms with Crippen molar-refractivity contribution in [2.45, 2.75) is 0 Å². The Hall–Kier alpha value is 2.83. The first-order valence-electron chi connectivity index (χ1n) is 1.03. The quantitative estimate of drug-likeness (QED) is 0.478. The van der Waals surface area contributed by atoms with E-state index < -0.39 is 0 Å². The molecule has 32 valence electrons.